The van der Waals surface area contributed by atoms with E-state index in [1.807, 2.05) is 0 Å². The van der Waals surface area contributed by atoms with Gasteiger partial charge in [-0.3, -0.25) is 14.3 Å². The van der Waals surface area contributed by atoms with Gasteiger partial charge in [0, 0.05) is 53.0 Å². The fourth-order valence-corrected chi connectivity index (χ4v) is 3.41. The van der Waals surface area contributed by atoms with Crippen LogP contribution in [0.4, 0.5) is 0 Å². The number of carbonyl (C=O) groups is 2. The number of rotatable bonds is 5. The van der Waals surface area contributed by atoms with Crippen molar-refractivity contribution in [3.8, 4) is 0 Å². The van der Waals surface area contributed by atoms with Crippen molar-refractivity contribution >= 4 is 11.8 Å². The van der Waals surface area contributed by atoms with Crippen molar-refractivity contribution in [2.45, 2.75) is 45.5 Å². The third kappa shape index (κ3) is 8.88. The molecule has 0 fully saturated rings. The van der Waals surface area contributed by atoms with E-state index in [1.54, 1.807) is 35.0 Å². The van der Waals surface area contributed by atoms with E-state index in [2.05, 4.69) is 18.9 Å². The first-order valence-electron chi connectivity index (χ1n) is 11.4. The Balaban J connectivity index is 2.20. The Morgan fingerprint density at radius 3 is 2.61 bits per heavy atom. The Labute approximate surface area is 195 Å². The van der Waals surface area contributed by atoms with Crippen molar-refractivity contribution in [3.05, 3.63) is 30.1 Å². The highest BCUT2D eigenvalue weighted by Crippen LogP contribution is 2.12. The van der Waals surface area contributed by atoms with Crippen LogP contribution in [0.15, 0.2) is 24.5 Å². The first-order valence-corrected chi connectivity index (χ1v) is 11.4. The Bertz CT molecular complexity index is 781. The summed E-state index contributed by atoms with van der Waals surface area (Å²) in [5, 5.41) is 25.2. The predicted molar refractivity (Wildman–Crippen MR) is 123 cm³/mol. The molecule has 0 radical (unpaired) electrons. The van der Waals surface area contributed by atoms with E-state index >= 15 is 0 Å². The fourth-order valence-electron chi connectivity index (χ4n) is 3.41. The number of ether oxygens (including phenoxy) is 2. The number of amides is 2. The van der Waals surface area contributed by atoms with E-state index in [0.29, 0.717) is 24.6 Å². The number of aryl methyl sites for hydroxylation is 1. The maximum atomic E-state index is 13.0. The number of aliphatic hydroxyl groups excluding tert-OH is 2. The van der Waals surface area contributed by atoms with Gasteiger partial charge in [0.15, 0.2) is 0 Å². The Morgan fingerprint density at radius 2 is 1.97 bits per heavy atom. The summed E-state index contributed by atoms with van der Waals surface area (Å²) in [4.78, 5) is 28.5. The van der Waals surface area contributed by atoms with Gasteiger partial charge in [0.05, 0.1) is 25.0 Å². The summed E-state index contributed by atoms with van der Waals surface area (Å²) in [7, 11) is 1.74. The predicted octanol–water partition coefficient (Wildman–Crippen LogP) is 0.450. The quantitative estimate of drug-likeness (QED) is 0.605. The number of aromatic nitrogens is 2. The van der Waals surface area contributed by atoms with E-state index < -0.39 is 18.3 Å². The normalized spacial score (nSPS) is 24.5. The molecule has 0 bridgehead atoms. The van der Waals surface area contributed by atoms with Crippen molar-refractivity contribution in [3.63, 3.8) is 0 Å². The zero-order valence-electron chi connectivity index (χ0n) is 20.1. The molecule has 186 valence electrons. The zero-order valence-corrected chi connectivity index (χ0v) is 20.1. The number of nitrogens with zero attached hydrogens (tertiary/aromatic N) is 4. The summed E-state index contributed by atoms with van der Waals surface area (Å²) in [6.45, 7) is 7.11. The van der Waals surface area contributed by atoms with Crippen LogP contribution in [0.1, 0.15) is 37.6 Å². The van der Waals surface area contributed by atoms with E-state index in [1.165, 1.54) is 18.0 Å². The maximum absolute atomic E-state index is 13.0. The summed E-state index contributed by atoms with van der Waals surface area (Å²) in [5.41, 5.74) is 0.464. The standard InChI is InChI=1S/C23H38N4O6/c1-17(2)7-12-33-21-15-27(18(3)28)10-9-26(23(31)19-13-24-25(4)14-19)8-5-6-11-32-16-20(29)22(21)30/h5-6,13-14,17,20-22,29-30H,7-12,15-16H2,1-4H3/b6-5-/t20-,21-,22-/m0/s1. The maximum Gasteiger partial charge on any atom is 0.257 e. The number of hydrogen-bond acceptors (Lipinski definition) is 7. The summed E-state index contributed by atoms with van der Waals surface area (Å²) in [5.74, 6) is 0.0166. The molecule has 10 nitrogen and oxygen atoms in total. The Kier molecular flexibility index (Phi) is 11.0. The molecule has 1 aromatic rings. The SMILES string of the molecule is CC(=O)N1CCN(C(=O)c2cnn(C)c2)C/C=C\COC[C@H](O)[C@H](O)[C@@H](OCCC(C)C)C1. The first-order chi connectivity index (χ1) is 15.7. The van der Waals surface area contributed by atoms with Gasteiger partial charge in [-0.15, -0.1) is 0 Å². The molecule has 2 rings (SSSR count). The molecule has 2 N–H and O–H groups in total. The van der Waals surface area contributed by atoms with Gasteiger partial charge in [0.25, 0.3) is 5.91 Å². The largest absolute Gasteiger partial charge is 0.388 e. The van der Waals surface area contributed by atoms with Crippen molar-refractivity contribution in [1.29, 1.82) is 0 Å². The molecule has 2 heterocycles. The van der Waals surface area contributed by atoms with Crippen molar-refractivity contribution < 1.29 is 29.3 Å². The second-order valence-corrected chi connectivity index (χ2v) is 8.78. The molecule has 1 aliphatic rings. The van der Waals surface area contributed by atoms with Crippen molar-refractivity contribution in [2.75, 3.05) is 46.0 Å². The molecule has 0 saturated heterocycles. The average molecular weight is 467 g/mol. The lowest BCUT2D eigenvalue weighted by Gasteiger charge is -2.33. The highest BCUT2D eigenvalue weighted by molar-refractivity contribution is 5.93. The molecule has 1 aliphatic heterocycles. The van der Waals surface area contributed by atoms with Crippen LogP contribution < -0.4 is 0 Å². The van der Waals surface area contributed by atoms with Gasteiger partial charge in [-0.05, 0) is 12.3 Å². The topological polar surface area (TPSA) is 117 Å². The minimum atomic E-state index is -1.22. The monoisotopic (exact) mass is 466 g/mol. The van der Waals surface area contributed by atoms with Crippen LogP contribution in [0, 0.1) is 5.92 Å². The fraction of sp³-hybridized carbons (Fsp3) is 0.696. The van der Waals surface area contributed by atoms with Crippen molar-refractivity contribution in [2.24, 2.45) is 13.0 Å². The van der Waals surface area contributed by atoms with Crippen LogP contribution >= 0.6 is 0 Å². The molecule has 2 amide bonds. The molecule has 33 heavy (non-hydrogen) atoms. The molecule has 10 heteroatoms. The Morgan fingerprint density at radius 1 is 1.24 bits per heavy atom. The van der Waals surface area contributed by atoms with E-state index in [4.69, 9.17) is 9.47 Å². The van der Waals surface area contributed by atoms with Gasteiger partial charge in [-0.1, -0.05) is 26.0 Å². The average Bonchev–Trinajstić information content (AvgIpc) is 3.20. The molecule has 0 aliphatic carbocycles. The highest BCUT2D eigenvalue weighted by atomic mass is 16.5. The van der Waals surface area contributed by atoms with E-state index in [-0.39, 0.29) is 44.7 Å². The number of hydrogen-bond donors (Lipinski definition) is 2. The summed E-state index contributed by atoms with van der Waals surface area (Å²) in [6, 6.07) is 0. The van der Waals surface area contributed by atoms with Crippen LogP contribution in [0.3, 0.4) is 0 Å². The number of carbonyl (C=O) groups excluding carboxylic acids is 2. The smallest absolute Gasteiger partial charge is 0.257 e. The summed E-state index contributed by atoms with van der Waals surface area (Å²) < 4.78 is 12.9. The Hall–Kier alpha value is -2.27. The lowest BCUT2D eigenvalue weighted by atomic mass is 10.1. The van der Waals surface area contributed by atoms with Gasteiger partial charge in [0.1, 0.15) is 18.3 Å². The minimum absolute atomic E-state index is 0.0754. The van der Waals surface area contributed by atoms with Crippen molar-refractivity contribution in [1.82, 2.24) is 19.6 Å². The third-order valence-corrected chi connectivity index (χ3v) is 5.52. The van der Waals surface area contributed by atoms with Crippen LogP contribution in [0.5, 0.6) is 0 Å². The molecule has 0 spiro atoms. The molecule has 0 unspecified atom stereocenters. The van der Waals surface area contributed by atoms with Crippen LogP contribution in [0.2, 0.25) is 0 Å². The molecule has 0 saturated carbocycles. The second kappa shape index (κ2) is 13.4. The lowest BCUT2D eigenvalue weighted by molar-refractivity contribution is -0.139. The lowest BCUT2D eigenvalue weighted by Crippen LogP contribution is -2.50. The first kappa shape index (κ1) is 27.0. The zero-order chi connectivity index (χ0) is 24.4. The van der Waals surface area contributed by atoms with Gasteiger partial charge in [-0.2, -0.15) is 5.10 Å². The third-order valence-electron chi connectivity index (χ3n) is 5.52. The molecule has 3 atom stereocenters. The van der Waals surface area contributed by atoms with Crippen LogP contribution in [-0.2, 0) is 21.3 Å². The van der Waals surface area contributed by atoms with Gasteiger partial charge in [-0.25, -0.2) is 0 Å². The highest BCUT2D eigenvalue weighted by Gasteiger charge is 2.30. The van der Waals surface area contributed by atoms with Gasteiger partial charge >= 0.3 is 0 Å². The molecule has 1 aromatic heterocycles. The van der Waals surface area contributed by atoms with Gasteiger partial charge in [0.2, 0.25) is 5.91 Å². The van der Waals surface area contributed by atoms with Crippen LogP contribution in [0.25, 0.3) is 0 Å². The summed E-state index contributed by atoms with van der Waals surface area (Å²) >= 11 is 0. The van der Waals surface area contributed by atoms with E-state index in [0.717, 1.165) is 6.42 Å². The second-order valence-electron chi connectivity index (χ2n) is 8.78. The minimum Gasteiger partial charge on any atom is -0.388 e. The molecule has 0 aromatic carbocycles. The summed E-state index contributed by atoms with van der Waals surface area (Å²) in [6.07, 6.45) is 4.36. The van der Waals surface area contributed by atoms with Gasteiger partial charge < -0.3 is 29.5 Å². The molecular formula is C23H38N4O6. The van der Waals surface area contributed by atoms with E-state index in [9.17, 15) is 19.8 Å². The van der Waals surface area contributed by atoms with Crippen LogP contribution in [-0.4, -0.2) is 106 Å². The molecular weight excluding hydrogens is 428 g/mol. The number of aliphatic hydroxyl groups is 2.